The molecule has 1 fully saturated rings. The number of primary amides is 1. The Balaban J connectivity index is 1.44. The van der Waals surface area contributed by atoms with Crippen molar-refractivity contribution in [2.24, 2.45) is 5.73 Å². The number of hydrogen-bond donors (Lipinski definition) is 3. The van der Waals surface area contributed by atoms with Crippen LogP contribution in [0.15, 0.2) is 72.9 Å². The van der Waals surface area contributed by atoms with Crippen molar-refractivity contribution >= 4 is 34.3 Å². The van der Waals surface area contributed by atoms with Crippen molar-refractivity contribution in [1.29, 1.82) is 0 Å². The minimum atomic E-state index is -1.99. The van der Waals surface area contributed by atoms with E-state index in [1.807, 2.05) is 0 Å². The Hall–Kier alpha value is -5.07. The van der Waals surface area contributed by atoms with E-state index in [9.17, 15) is 23.5 Å². The average molecular weight is 676 g/mol. The molecule has 5 aromatic rings. The van der Waals surface area contributed by atoms with Gasteiger partial charge in [0.25, 0.3) is 5.91 Å². The molecule has 0 unspecified atom stereocenters. The first kappa shape index (κ1) is 32.9. The highest BCUT2D eigenvalue weighted by Gasteiger charge is 2.46. The summed E-state index contributed by atoms with van der Waals surface area (Å²) in [6.45, 7) is 1.51. The normalized spacial score (nSPS) is 14.7. The first-order chi connectivity index (χ1) is 23.0. The number of halogens is 3. The number of benzene rings is 3. The maximum atomic E-state index is 14.8. The summed E-state index contributed by atoms with van der Waals surface area (Å²) in [7, 11) is 1.43. The number of aliphatic hydroxyl groups is 1. The number of amides is 2. The van der Waals surface area contributed by atoms with Crippen molar-refractivity contribution in [1.82, 2.24) is 20.1 Å². The highest BCUT2D eigenvalue weighted by Crippen LogP contribution is 2.45. The van der Waals surface area contributed by atoms with Gasteiger partial charge in [0, 0.05) is 41.1 Å². The molecular formula is C35H32ClF2N5O5. The third-order valence-electron chi connectivity index (χ3n) is 8.22. The second kappa shape index (κ2) is 12.9. The number of rotatable bonds is 12. The zero-order valence-electron chi connectivity index (χ0n) is 26.1. The topological polar surface area (TPSA) is 142 Å². The number of methoxy groups -OCH3 is 1. The van der Waals surface area contributed by atoms with Crippen molar-refractivity contribution in [2.45, 2.75) is 37.6 Å². The van der Waals surface area contributed by atoms with Crippen molar-refractivity contribution in [2.75, 3.05) is 20.3 Å². The maximum absolute atomic E-state index is 14.8. The van der Waals surface area contributed by atoms with Gasteiger partial charge in [0.1, 0.15) is 34.1 Å². The minimum Gasteiger partial charge on any atom is -0.494 e. The van der Waals surface area contributed by atoms with Gasteiger partial charge in [-0.3, -0.25) is 9.59 Å². The fourth-order valence-electron chi connectivity index (χ4n) is 5.58. The zero-order chi connectivity index (χ0) is 34.2. The Morgan fingerprint density at radius 1 is 1.15 bits per heavy atom. The molecule has 2 amide bonds. The van der Waals surface area contributed by atoms with Crippen LogP contribution in [-0.4, -0.2) is 51.9 Å². The molecule has 0 radical (unpaired) electrons. The van der Waals surface area contributed by atoms with E-state index in [0.717, 1.165) is 0 Å². The van der Waals surface area contributed by atoms with Crippen molar-refractivity contribution in [3.8, 4) is 22.8 Å². The molecule has 1 aliphatic carbocycles. The summed E-state index contributed by atoms with van der Waals surface area (Å²) in [6, 6.07) is 17.2. The molecule has 0 spiro atoms. The highest BCUT2D eigenvalue weighted by molar-refractivity contribution is 6.33. The Morgan fingerprint density at radius 2 is 1.90 bits per heavy atom. The van der Waals surface area contributed by atoms with Gasteiger partial charge in [-0.25, -0.2) is 18.4 Å². The molecule has 248 valence electrons. The van der Waals surface area contributed by atoms with Crippen molar-refractivity contribution in [3.05, 3.63) is 106 Å². The van der Waals surface area contributed by atoms with Gasteiger partial charge in [0.15, 0.2) is 0 Å². The monoisotopic (exact) mass is 675 g/mol. The standard InChI is InChI=1S/C35H32ClF2N5O5/c1-3-48-32-20(17-28(39)44)16-27(41-31(32)24-10-7-11-25(37)29(24)36)35(46,23-8-5-4-6-9-23)19-40-33(45)21-14-22-18-43(34(38)12-13-34)42-30(22)26(15-21)47-2/h4-11,14-16,18,46H,3,12-13,17,19H2,1-2H3,(H2,39,44)(H,40,45)/t35-/m1/s1. The van der Waals surface area contributed by atoms with E-state index in [-0.39, 0.29) is 57.6 Å². The van der Waals surface area contributed by atoms with Crippen LogP contribution in [0.5, 0.6) is 11.5 Å². The summed E-state index contributed by atoms with van der Waals surface area (Å²) in [5.74, 6) is -3.09. The van der Waals surface area contributed by atoms with Crippen LogP contribution in [0.25, 0.3) is 22.2 Å². The van der Waals surface area contributed by atoms with Gasteiger partial charge in [0.05, 0.1) is 37.4 Å². The molecule has 6 rings (SSSR count). The molecule has 0 aliphatic heterocycles. The molecule has 1 saturated carbocycles. The van der Waals surface area contributed by atoms with Gasteiger partial charge >= 0.3 is 0 Å². The average Bonchev–Trinajstić information content (AvgIpc) is 3.67. The smallest absolute Gasteiger partial charge is 0.251 e. The van der Waals surface area contributed by atoms with Gasteiger partial charge in [0.2, 0.25) is 11.7 Å². The van der Waals surface area contributed by atoms with Crippen LogP contribution < -0.4 is 20.5 Å². The number of aromatic nitrogens is 3. The second-order valence-corrected chi connectivity index (χ2v) is 11.9. The Morgan fingerprint density at radius 3 is 2.56 bits per heavy atom. The molecule has 10 nitrogen and oxygen atoms in total. The number of nitrogens with one attached hydrogen (secondary N) is 1. The van der Waals surface area contributed by atoms with Crippen LogP contribution in [0.4, 0.5) is 8.78 Å². The van der Waals surface area contributed by atoms with Gasteiger partial charge in [-0.15, -0.1) is 0 Å². The van der Waals surface area contributed by atoms with E-state index < -0.39 is 35.6 Å². The third-order valence-corrected chi connectivity index (χ3v) is 8.60. The Bertz CT molecular complexity index is 2040. The predicted octanol–water partition coefficient (Wildman–Crippen LogP) is 5.41. The molecule has 3 aromatic carbocycles. The quantitative estimate of drug-likeness (QED) is 0.161. The van der Waals surface area contributed by atoms with Gasteiger partial charge in [-0.1, -0.05) is 54.1 Å². The molecule has 13 heteroatoms. The van der Waals surface area contributed by atoms with Crippen LogP contribution in [0.1, 0.15) is 46.9 Å². The third kappa shape index (κ3) is 6.16. The molecular weight excluding hydrogens is 644 g/mol. The number of hydrogen-bond acceptors (Lipinski definition) is 7. The largest absolute Gasteiger partial charge is 0.494 e. The lowest BCUT2D eigenvalue weighted by molar-refractivity contribution is -0.117. The lowest BCUT2D eigenvalue weighted by atomic mass is 9.87. The Kier molecular flexibility index (Phi) is 8.80. The molecule has 1 atom stereocenters. The summed E-state index contributed by atoms with van der Waals surface area (Å²) in [5, 5.41) is 19.9. The number of carbonyl (C=O) groups is 2. The zero-order valence-corrected chi connectivity index (χ0v) is 26.9. The fraction of sp³-hybridized carbons (Fsp3) is 0.257. The number of nitrogens with zero attached hydrogens (tertiary/aromatic N) is 3. The molecule has 1 aliphatic rings. The van der Waals surface area contributed by atoms with Gasteiger partial charge in [-0.05, 0) is 36.8 Å². The van der Waals surface area contributed by atoms with E-state index in [1.165, 1.54) is 48.3 Å². The summed E-state index contributed by atoms with van der Waals surface area (Å²) in [6.07, 6.45) is 1.94. The van der Waals surface area contributed by atoms with Crippen LogP contribution >= 0.6 is 11.6 Å². The molecule has 2 heterocycles. The van der Waals surface area contributed by atoms with Gasteiger partial charge < -0.3 is 25.6 Å². The van der Waals surface area contributed by atoms with Crippen LogP contribution in [0, 0.1) is 5.82 Å². The van der Waals surface area contributed by atoms with E-state index in [4.69, 9.17) is 31.8 Å². The minimum absolute atomic E-state index is 0.0102. The number of alkyl halides is 1. The van der Waals surface area contributed by atoms with Crippen molar-refractivity contribution in [3.63, 3.8) is 0 Å². The first-order valence-corrected chi connectivity index (χ1v) is 15.6. The summed E-state index contributed by atoms with van der Waals surface area (Å²) in [5.41, 5.74) is 5.07. The molecule has 48 heavy (non-hydrogen) atoms. The highest BCUT2D eigenvalue weighted by atomic mass is 35.5. The van der Waals surface area contributed by atoms with E-state index in [0.29, 0.717) is 29.3 Å². The number of nitrogens with two attached hydrogens (primary N) is 1. The Labute approximate surface area is 279 Å². The number of ether oxygens (including phenoxy) is 2. The maximum Gasteiger partial charge on any atom is 0.251 e. The summed E-state index contributed by atoms with van der Waals surface area (Å²) in [4.78, 5) is 30.6. The van der Waals surface area contributed by atoms with Crippen molar-refractivity contribution < 1.29 is 33.0 Å². The lowest BCUT2D eigenvalue weighted by Gasteiger charge is -2.30. The van der Waals surface area contributed by atoms with Gasteiger partial charge in [-0.2, -0.15) is 5.10 Å². The fourth-order valence-corrected chi connectivity index (χ4v) is 5.80. The van der Waals surface area contributed by atoms with Crippen LogP contribution in [0.2, 0.25) is 5.02 Å². The second-order valence-electron chi connectivity index (χ2n) is 11.5. The predicted molar refractivity (Wildman–Crippen MR) is 175 cm³/mol. The van der Waals surface area contributed by atoms with Crippen LogP contribution in [0.3, 0.4) is 0 Å². The molecule has 2 aromatic heterocycles. The molecule has 0 bridgehead atoms. The van der Waals surface area contributed by atoms with E-state index in [1.54, 1.807) is 43.3 Å². The lowest BCUT2D eigenvalue weighted by Crippen LogP contribution is -2.42. The molecule has 4 N–H and O–H groups in total. The van der Waals surface area contributed by atoms with E-state index >= 15 is 0 Å². The SMILES string of the molecule is CCOc1c(CC(N)=O)cc([C@@](O)(CNC(=O)c2cc(OC)c3nn(C4(F)CC4)cc3c2)c2ccccc2)nc1-c1cccc(F)c1Cl. The van der Waals surface area contributed by atoms with Crippen LogP contribution in [-0.2, 0) is 22.6 Å². The van der Waals surface area contributed by atoms with E-state index in [2.05, 4.69) is 10.4 Å². The number of pyridine rings is 1. The first-order valence-electron chi connectivity index (χ1n) is 15.2. The summed E-state index contributed by atoms with van der Waals surface area (Å²) >= 11 is 6.39. The molecule has 0 saturated heterocycles. The summed E-state index contributed by atoms with van der Waals surface area (Å²) < 4.78 is 42.1. The number of carbonyl (C=O) groups excluding carboxylic acids is 2. The number of fused-ring (bicyclic) bond motifs is 1.